The average Bonchev–Trinajstić information content (AvgIpc) is 3.25. The largest absolute Gasteiger partial charge is 0.467 e. The monoisotopic (exact) mass is 425 g/mol. The van der Waals surface area contributed by atoms with E-state index in [0.29, 0.717) is 11.1 Å². The van der Waals surface area contributed by atoms with Gasteiger partial charge in [0, 0.05) is 24.3 Å². The summed E-state index contributed by atoms with van der Waals surface area (Å²) < 4.78 is 15.2. The molecule has 0 aliphatic rings. The number of aromatic nitrogens is 2. The van der Waals surface area contributed by atoms with E-state index in [1.54, 1.807) is 18.3 Å². The van der Waals surface area contributed by atoms with E-state index in [-0.39, 0.29) is 19.6 Å². The molecule has 1 atom stereocenters. The number of hydrogen-bond acceptors (Lipinski definition) is 7. The Labute approximate surface area is 178 Å². The molecule has 9 nitrogen and oxygen atoms in total. The molecule has 31 heavy (non-hydrogen) atoms. The Hall–Kier alpha value is -3.88. The number of benzene rings is 2. The van der Waals surface area contributed by atoms with Crippen LogP contribution in [0.2, 0.25) is 0 Å². The number of esters is 2. The van der Waals surface area contributed by atoms with Gasteiger partial charge in [0.25, 0.3) is 0 Å². The molecule has 2 aromatic carbocycles. The summed E-state index contributed by atoms with van der Waals surface area (Å²) in [7, 11) is 1.24. The van der Waals surface area contributed by atoms with Gasteiger partial charge in [-0.3, -0.25) is 9.89 Å². The normalized spacial score (nSPS) is 11.5. The minimum atomic E-state index is -0.992. The molecule has 0 aliphatic heterocycles. The van der Waals surface area contributed by atoms with Crippen molar-refractivity contribution >= 4 is 28.9 Å². The van der Waals surface area contributed by atoms with Crippen molar-refractivity contribution in [2.24, 2.45) is 0 Å². The number of aromatic amines is 1. The zero-order valence-corrected chi connectivity index (χ0v) is 17.2. The molecule has 0 spiro atoms. The van der Waals surface area contributed by atoms with Crippen LogP contribution < -0.4 is 5.32 Å². The summed E-state index contributed by atoms with van der Waals surface area (Å²) in [5.74, 6) is -1.05. The first-order valence-electron chi connectivity index (χ1n) is 9.60. The Morgan fingerprint density at radius 2 is 1.84 bits per heavy atom. The molecule has 1 aromatic heterocycles. The highest BCUT2D eigenvalue weighted by Crippen LogP contribution is 2.23. The molecule has 0 saturated heterocycles. The molecular formula is C22H23N3O6. The van der Waals surface area contributed by atoms with Crippen LogP contribution in [0.15, 0.2) is 48.7 Å². The third-order valence-electron chi connectivity index (χ3n) is 4.67. The summed E-state index contributed by atoms with van der Waals surface area (Å²) in [4.78, 5) is 35.9. The van der Waals surface area contributed by atoms with Crippen LogP contribution in [0.3, 0.4) is 0 Å². The number of nitrogens with one attached hydrogen (secondary N) is 2. The number of rotatable bonds is 8. The summed E-state index contributed by atoms with van der Waals surface area (Å²) in [6.07, 6.45) is 0.988. The molecule has 9 heteroatoms. The van der Waals surface area contributed by atoms with Gasteiger partial charge in [-0.2, -0.15) is 5.10 Å². The molecule has 1 amide bonds. The quantitative estimate of drug-likeness (QED) is 0.420. The van der Waals surface area contributed by atoms with E-state index >= 15 is 0 Å². The maximum atomic E-state index is 12.3. The molecule has 1 heterocycles. The first-order valence-corrected chi connectivity index (χ1v) is 9.60. The van der Waals surface area contributed by atoms with Crippen LogP contribution in [0, 0.1) is 0 Å². The molecule has 0 saturated carbocycles. The average molecular weight is 425 g/mol. The van der Waals surface area contributed by atoms with E-state index in [0.717, 1.165) is 16.5 Å². The van der Waals surface area contributed by atoms with Crippen LogP contribution in [-0.4, -0.2) is 41.4 Å². The van der Waals surface area contributed by atoms with E-state index < -0.39 is 24.1 Å². The highest BCUT2D eigenvalue weighted by atomic mass is 16.6. The van der Waals surface area contributed by atoms with Crippen molar-refractivity contribution in [1.29, 1.82) is 0 Å². The first kappa shape index (κ1) is 21.8. The van der Waals surface area contributed by atoms with Gasteiger partial charge in [-0.1, -0.05) is 36.4 Å². The number of carbonyl (C=O) groups is 3. The fourth-order valence-corrected chi connectivity index (χ4v) is 3.12. The Morgan fingerprint density at radius 3 is 2.55 bits per heavy atom. The molecule has 2 N–H and O–H groups in total. The molecule has 3 rings (SSSR count). The van der Waals surface area contributed by atoms with Crippen LogP contribution in [0.1, 0.15) is 23.6 Å². The standard InChI is InChI=1S/C22H23N3O6/c1-14(26)30-13-18-16(8-9-19-17(18)11-23-25-19)10-20(21(27)29-2)24-22(28)31-12-15-6-4-3-5-7-15/h3-9,11,20H,10,12-13H2,1-2H3,(H,23,25)(H,24,28)/t20-/m1/s1. The van der Waals surface area contributed by atoms with E-state index in [4.69, 9.17) is 14.2 Å². The maximum absolute atomic E-state index is 12.3. The van der Waals surface area contributed by atoms with Crippen molar-refractivity contribution in [3.05, 3.63) is 65.4 Å². The zero-order valence-electron chi connectivity index (χ0n) is 17.2. The smallest absolute Gasteiger partial charge is 0.408 e. The fourth-order valence-electron chi connectivity index (χ4n) is 3.12. The summed E-state index contributed by atoms with van der Waals surface area (Å²) in [6.45, 7) is 1.39. The second-order valence-corrected chi connectivity index (χ2v) is 6.80. The Balaban J connectivity index is 1.76. The minimum Gasteiger partial charge on any atom is -0.467 e. The summed E-state index contributed by atoms with van der Waals surface area (Å²) in [6, 6.07) is 11.8. The lowest BCUT2D eigenvalue weighted by molar-refractivity contribution is -0.143. The van der Waals surface area contributed by atoms with Gasteiger partial charge < -0.3 is 19.5 Å². The van der Waals surface area contributed by atoms with Crippen molar-refractivity contribution in [1.82, 2.24) is 15.5 Å². The summed E-state index contributed by atoms with van der Waals surface area (Å²) >= 11 is 0. The van der Waals surface area contributed by atoms with Crippen molar-refractivity contribution < 1.29 is 28.6 Å². The van der Waals surface area contributed by atoms with Gasteiger partial charge >= 0.3 is 18.0 Å². The third-order valence-corrected chi connectivity index (χ3v) is 4.67. The van der Waals surface area contributed by atoms with Gasteiger partial charge in [-0.15, -0.1) is 0 Å². The predicted molar refractivity (Wildman–Crippen MR) is 111 cm³/mol. The van der Waals surface area contributed by atoms with E-state index in [9.17, 15) is 14.4 Å². The Morgan fingerprint density at radius 1 is 1.06 bits per heavy atom. The molecule has 0 radical (unpaired) electrons. The van der Waals surface area contributed by atoms with Crippen LogP contribution in [0.5, 0.6) is 0 Å². The SMILES string of the molecule is COC(=O)[C@@H](Cc1ccc2[nH]ncc2c1COC(C)=O)NC(=O)OCc1ccccc1. The molecule has 162 valence electrons. The number of H-pyrrole nitrogens is 1. The number of hydrogen-bond donors (Lipinski definition) is 2. The van der Waals surface area contributed by atoms with Crippen molar-refractivity contribution in [3.8, 4) is 0 Å². The second-order valence-electron chi connectivity index (χ2n) is 6.80. The van der Waals surface area contributed by atoms with Crippen LogP contribution >= 0.6 is 0 Å². The van der Waals surface area contributed by atoms with Crippen molar-refractivity contribution in [2.75, 3.05) is 7.11 Å². The van der Waals surface area contributed by atoms with Crippen molar-refractivity contribution in [3.63, 3.8) is 0 Å². The third kappa shape index (κ3) is 5.81. The van der Waals surface area contributed by atoms with Gasteiger partial charge in [0.05, 0.1) is 18.8 Å². The summed E-state index contributed by atoms with van der Waals surface area (Å²) in [5.41, 5.74) is 2.97. The van der Waals surface area contributed by atoms with Crippen LogP contribution in [-0.2, 0) is 43.4 Å². The molecule has 0 fully saturated rings. The number of amides is 1. The number of methoxy groups -OCH3 is 1. The van der Waals surface area contributed by atoms with Crippen LogP contribution in [0.4, 0.5) is 4.79 Å². The molecular weight excluding hydrogens is 402 g/mol. The van der Waals surface area contributed by atoms with Crippen molar-refractivity contribution in [2.45, 2.75) is 32.6 Å². The van der Waals surface area contributed by atoms with Gasteiger partial charge in [0.1, 0.15) is 19.3 Å². The van der Waals surface area contributed by atoms with E-state index in [2.05, 4.69) is 15.5 Å². The highest BCUT2D eigenvalue weighted by molar-refractivity contribution is 5.85. The summed E-state index contributed by atoms with van der Waals surface area (Å²) in [5, 5.41) is 10.2. The number of carbonyl (C=O) groups excluding carboxylic acids is 3. The zero-order chi connectivity index (χ0) is 22.2. The Bertz CT molecular complexity index is 1060. The minimum absolute atomic E-state index is 0.00782. The number of fused-ring (bicyclic) bond motifs is 1. The van der Waals surface area contributed by atoms with Gasteiger partial charge in [0.2, 0.25) is 0 Å². The predicted octanol–water partition coefficient (Wildman–Crippen LogP) is 2.64. The number of ether oxygens (including phenoxy) is 3. The molecule has 0 aliphatic carbocycles. The van der Waals surface area contributed by atoms with Gasteiger partial charge in [-0.25, -0.2) is 9.59 Å². The van der Waals surface area contributed by atoms with Crippen LogP contribution in [0.25, 0.3) is 10.9 Å². The number of nitrogens with zero attached hydrogens (tertiary/aromatic N) is 1. The molecule has 3 aromatic rings. The molecule has 0 unspecified atom stereocenters. The lowest BCUT2D eigenvalue weighted by Crippen LogP contribution is -2.43. The Kier molecular flexibility index (Phi) is 7.21. The molecule has 0 bridgehead atoms. The first-order chi connectivity index (χ1) is 15.0. The van der Waals surface area contributed by atoms with Gasteiger partial charge in [-0.05, 0) is 17.2 Å². The lowest BCUT2D eigenvalue weighted by atomic mass is 9.97. The maximum Gasteiger partial charge on any atom is 0.408 e. The van der Waals surface area contributed by atoms with Gasteiger partial charge in [0.15, 0.2) is 0 Å². The second kappa shape index (κ2) is 10.2. The van der Waals surface area contributed by atoms with E-state index in [1.165, 1.54) is 14.0 Å². The fraction of sp³-hybridized carbons (Fsp3) is 0.273. The van der Waals surface area contributed by atoms with E-state index in [1.807, 2.05) is 30.3 Å². The lowest BCUT2D eigenvalue weighted by Gasteiger charge is -2.19. The number of alkyl carbamates (subject to hydrolysis) is 1. The highest BCUT2D eigenvalue weighted by Gasteiger charge is 2.25. The topological polar surface area (TPSA) is 120 Å².